The van der Waals surface area contributed by atoms with Crippen molar-refractivity contribution in [1.82, 2.24) is 15.1 Å². The second-order valence-corrected chi connectivity index (χ2v) is 5.67. The van der Waals surface area contributed by atoms with E-state index in [2.05, 4.69) is 29.4 Å². The van der Waals surface area contributed by atoms with Crippen LogP contribution in [0.4, 0.5) is 5.82 Å². The van der Waals surface area contributed by atoms with E-state index in [1.807, 2.05) is 11.0 Å². The number of hydrogen-bond acceptors (Lipinski definition) is 4. The molecule has 1 aromatic rings. The Balaban J connectivity index is 2.03. The van der Waals surface area contributed by atoms with Gasteiger partial charge in [-0.2, -0.15) is 0 Å². The molecule has 1 atom stereocenters. The van der Waals surface area contributed by atoms with E-state index in [0.29, 0.717) is 11.7 Å². The molecule has 0 saturated carbocycles. The predicted molar refractivity (Wildman–Crippen MR) is 84.4 cm³/mol. The Kier molecular flexibility index (Phi) is 5.96. The average Bonchev–Trinajstić information content (AvgIpc) is 2.53. The maximum Gasteiger partial charge on any atom is 0.274 e. The van der Waals surface area contributed by atoms with Crippen molar-refractivity contribution >= 4 is 11.7 Å². The third-order valence-electron chi connectivity index (χ3n) is 3.95. The van der Waals surface area contributed by atoms with E-state index < -0.39 is 0 Å². The summed E-state index contributed by atoms with van der Waals surface area (Å²) in [4.78, 5) is 14.6. The van der Waals surface area contributed by atoms with Crippen LogP contribution in [0.1, 0.15) is 62.9 Å². The van der Waals surface area contributed by atoms with Gasteiger partial charge in [0.25, 0.3) is 5.91 Å². The van der Waals surface area contributed by atoms with E-state index in [9.17, 15) is 4.79 Å². The molecule has 1 fully saturated rings. The summed E-state index contributed by atoms with van der Waals surface area (Å²) >= 11 is 0. The molecule has 0 spiro atoms. The summed E-state index contributed by atoms with van der Waals surface area (Å²) < 4.78 is 0. The number of nitrogens with one attached hydrogen (secondary N) is 1. The number of nitrogens with zero attached hydrogens (tertiary/aromatic N) is 3. The van der Waals surface area contributed by atoms with Crippen molar-refractivity contribution in [3.05, 3.63) is 17.8 Å². The molecule has 1 N–H and O–H groups in total. The molecule has 2 heterocycles. The third-order valence-corrected chi connectivity index (χ3v) is 3.95. The minimum atomic E-state index is 0.0303. The number of rotatable bonds is 6. The fraction of sp³-hybridized carbons (Fsp3) is 0.688. The summed E-state index contributed by atoms with van der Waals surface area (Å²) in [6.45, 7) is 5.99. The van der Waals surface area contributed by atoms with E-state index in [1.54, 1.807) is 6.07 Å². The van der Waals surface area contributed by atoms with Crippen LogP contribution in [0.3, 0.4) is 0 Å². The highest BCUT2D eigenvalue weighted by molar-refractivity contribution is 5.92. The number of anilines is 1. The molecular weight excluding hydrogens is 264 g/mol. The van der Waals surface area contributed by atoms with Crippen LogP contribution < -0.4 is 5.32 Å². The number of carbonyl (C=O) groups excluding carboxylic acids is 1. The van der Waals surface area contributed by atoms with Gasteiger partial charge in [0.05, 0.1) is 0 Å². The van der Waals surface area contributed by atoms with E-state index in [0.717, 1.165) is 51.0 Å². The summed E-state index contributed by atoms with van der Waals surface area (Å²) in [5.41, 5.74) is 0.458. The highest BCUT2D eigenvalue weighted by Crippen LogP contribution is 2.22. The van der Waals surface area contributed by atoms with Crippen molar-refractivity contribution in [2.24, 2.45) is 0 Å². The van der Waals surface area contributed by atoms with Crippen LogP contribution in [-0.4, -0.2) is 40.1 Å². The van der Waals surface area contributed by atoms with Crippen molar-refractivity contribution in [1.29, 1.82) is 0 Å². The second-order valence-electron chi connectivity index (χ2n) is 5.67. The standard InChI is InChI=1S/C16H26N4O/c1-3-7-13-8-5-6-12-20(13)16(21)14-9-10-15(19-18-14)17-11-4-2/h9-10,13H,3-8,11-12H2,1-2H3,(H,17,19). The van der Waals surface area contributed by atoms with E-state index in [-0.39, 0.29) is 5.91 Å². The lowest BCUT2D eigenvalue weighted by molar-refractivity contribution is 0.0593. The monoisotopic (exact) mass is 290 g/mol. The Morgan fingerprint density at radius 3 is 2.81 bits per heavy atom. The summed E-state index contributed by atoms with van der Waals surface area (Å²) in [5, 5.41) is 11.4. The van der Waals surface area contributed by atoms with Crippen molar-refractivity contribution in [2.75, 3.05) is 18.4 Å². The highest BCUT2D eigenvalue weighted by atomic mass is 16.2. The molecule has 116 valence electrons. The summed E-state index contributed by atoms with van der Waals surface area (Å²) in [7, 11) is 0. The van der Waals surface area contributed by atoms with E-state index >= 15 is 0 Å². The molecular formula is C16H26N4O. The second kappa shape index (κ2) is 7.96. The zero-order valence-electron chi connectivity index (χ0n) is 13.1. The number of piperidine rings is 1. The van der Waals surface area contributed by atoms with Gasteiger partial charge in [-0.3, -0.25) is 4.79 Å². The quantitative estimate of drug-likeness (QED) is 0.874. The summed E-state index contributed by atoms with van der Waals surface area (Å²) in [5.74, 6) is 0.764. The maximum atomic E-state index is 12.6. The Labute approximate surface area is 127 Å². The lowest BCUT2D eigenvalue weighted by Crippen LogP contribution is -2.44. The number of hydrogen-bond donors (Lipinski definition) is 1. The van der Waals surface area contributed by atoms with Gasteiger partial charge in [-0.1, -0.05) is 20.3 Å². The minimum Gasteiger partial charge on any atom is -0.369 e. The first kappa shape index (κ1) is 15.7. The molecule has 1 aliphatic rings. The fourth-order valence-corrected chi connectivity index (χ4v) is 2.84. The smallest absolute Gasteiger partial charge is 0.274 e. The molecule has 5 heteroatoms. The molecule has 1 aliphatic heterocycles. The first-order chi connectivity index (χ1) is 10.3. The van der Waals surface area contributed by atoms with Gasteiger partial charge in [-0.25, -0.2) is 0 Å². The van der Waals surface area contributed by atoms with Gasteiger partial charge < -0.3 is 10.2 Å². The Morgan fingerprint density at radius 1 is 1.29 bits per heavy atom. The normalized spacial score (nSPS) is 18.6. The molecule has 5 nitrogen and oxygen atoms in total. The largest absolute Gasteiger partial charge is 0.369 e. The SMILES string of the molecule is CCCNc1ccc(C(=O)N2CCCCC2CCC)nn1. The van der Waals surface area contributed by atoms with Crippen LogP contribution in [0.15, 0.2) is 12.1 Å². The van der Waals surface area contributed by atoms with Crippen LogP contribution >= 0.6 is 0 Å². The van der Waals surface area contributed by atoms with Crippen LogP contribution in [0, 0.1) is 0 Å². The van der Waals surface area contributed by atoms with Gasteiger partial charge in [0, 0.05) is 19.1 Å². The molecule has 0 aliphatic carbocycles. The van der Waals surface area contributed by atoms with Gasteiger partial charge in [0.2, 0.25) is 0 Å². The zero-order chi connectivity index (χ0) is 15.1. The molecule has 21 heavy (non-hydrogen) atoms. The first-order valence-electron chi connectivity index (χ1n) is 8.14. The van der Waals surface area contributed by atoms with Gasteiger partial charge in [-0.15, -0.1) is 10.2 Å². The molecule has 1 aromatic heterocycles. The van der Waals surface area contributed by atoms with Crippen molar-refractivity contribution in [3.63, 3.8) is 0 Å². The van der Waals surface area contributed by atoms with Crippen LogP contribution in [-0.2, 0) is 0 Å². The minimum absolute atomic E-state index is 0.0303. The number of aromatic nitrogens is 2. The van der Waals surface area contributed by atoms with Crippen molar-refractivity contribution < 1.29 is 4.79 Å². The summed E-state index contributed by atoms with van der Waals surface area (Å²) in [6, 6.07) is 4.00. The van der Waals surface area contributed by atoms with Gasteiger partial charge in [0.1, 0.15) is 5.82 Å². The topological polar surface area (TPSA) is 58.1 Å². The Hall–Kier alpha value is -1.65. The fourth-order valence-electron chi connectivity index (χ4n) is 2.84. The molecule has 1 unspecified atom stereocenters. The molecule has 2 rings (SSSR count). The maximum absolute atomic E-state index is 12.6. The molecule has 0 bridgehead atoms. The van der Waals surface area contributed by atoms with Gasteiger partial charge in [0.15, 0.2) is 5.69 Å². The number of amides is 1. The van der Waals surface area contributed by atoms with Crippen molar-refractivity contribution in [2.45, 2.75) is 58.4 Å². The number of carbonyl (C=O) groups is 1. The Bertz CT molecular complexity index is 444. The molecule has 1 amide bonds. The van der Waals surface area contributed by atoms with Crippen LogP contribution in [0.2, 0.25) is 0 Å². The average molecular weight is 290 g/mol. The lowest BCUT2D eigenvalue weighted by Gasteiger charge is -2.35. The zero-order valence-corrected chi connectivity index (χ0v) is 13.1. The molecule has 0 aromatic carbocycles. The van der Waals surface area contributed by atoms with Crippen LogP contribution in [0.25, 0.3) is 0 Å². The number of likely N-dealkylation sites (tertiary alicyclic amines) is 1. The summed E-state index contributed by atoms with van der Waals surface area (Å²) in [6.07, 6.45) is 6.66. The Morgan fingerprint density at radius 2 is 2.14 bits per heavy atom. The third kappa shape index (κ3) is 4.16. The van der Waals surface area contributed by atoms with E-state index in [1.165, 1.54) is 6.42 Å². The molecule has 0 radical (unpaired) electrons. The predicted octanol–water partition coefficient (Wildman–Crippen LogP) is 3.09. The van der Waals surface area contributed by atoms with Crippen LogP contribution in [0.5, 0.6) is 0 Å². The van der Waals surface area contributed by atoms with Gasteiger partial charge in [-0.05, 0) is 44.2 Å². The lowest BCUT2D eigenvalue weighted by atomic mass is 9.98. The van der Waals surface area contributed by atoms with E-state index in [4.69, 9.17) is 0 Å². The highest BCUT2D eigenvalue weighted by Gasteiger charge is 2.27. The van der Waals surface area contributed by atoms with Crippen molar-refractivity contribution in [3.8, 4) is 0 Å². The molecule has 1 saturated heterocycles. The van der Waals surface area contributed by atoms with Gasteiger partial charge >= 0.3 is 0 Å². The first-order valence-corrected chi connectivity index (χ1v) is 8.14.